The van der Waals surface area contributed by atoms with Crippen LogP contribution in [0.5, 0.6) is 5.75 Å². The van der Waals surface area contributed by atoms with Crippen molar-refractivity contribution in [3.63, 3.8) is 0 Å². The molecular formula is C24H25NO7. The molecule has 2 aromatic heterocycles. The van der Waals surface area contributed by atoms with E-state index in [1.165, 1.54) is 13.0 Å². The average Bonchev–Trinajstić information content (AvgIpc) is 3.36. The van der Waals surface area contributed by atoms with Crippen molar-refractivity contribution in [2.24, 2.45) is 0 Å². The summed E-state index contributed by atoms with van der Waals surface area (Å²) in [5, 5.41) is 0. The number of carbonyl (C=O) groups excluding carboxylic acids is 3. The van der Waals surface area contributed by atoms with Crippen molar-refractivity contribution >= 4 is 17.7 Å². The topological polar surface area (TPSA) is 108 Å². The van der Waals surface area contributed by atoms with E-state index in [0.717, 1.165) is 0 Å². The lowest BCUT2D eigenvalue weighted by Crippen LogP contribution is -2.25. The first kappa shape index (κ1) is 22.9. The van der Waals surface area contributed by atoms with Gasteiger partial charge in [0.2, 0.25) is 11.5 Å². The van der Waals surface area contributed by atoms with E-state index in [4.69, 9.17) is 18.6 Å². The highest BCUT2D eigenvalue weighted by atomic mass is 16.6. The Bertz CT molecular complexity index is 1110. The summed E-state index contributed by atoms with van der Waals surface area (Å²) in [6.45, 7) is 6.85. The van der Waals surface area contributed by atoms with E-state index in [1.54, 1.807) is 26.8 Å². The number of H-pyrrole nitrogens is 1. The Morgan fingerprint density at radius 2 is 1.75 bits per heavy atom. The van der Waals surface area contributed by atoms with E-state index >= 15 is 0 Å². The monoisotopic (exact) mass is 439 g/mol. The molecule has 2 heterocycles. The van der Waals surface area contributed by atoms with Crippen LogP contribution in [0.4, 0.5) is 0 Å². The molecule has 0 radical (unpaired) electrons. The van der Waals surface area contributed by atoms with Gasteiger partial charge in [-0.3, -0.25) is 4.79 Å². The fraction of sp³-hybridized carbons (Fsp3) is 0.292. The van der Waals surface area contributed by atoms with Gasteiger partial charge < -0.3 is 23.6 Å². The summed E-state index contributed by atoms with van der Waals surface area (Å²) in [6.07, 6.45) is -1.09. The molecule has 0 amide bonds. The van der Waals surface area contributed by atoms with Crippen LogP contribution in [0.1, 0.15) is 62.3 Å². The highest BCUT2D eigenvalue weighted by Gasteiger charge is 2.28. The molecule has 0 fully saturated rings. The zero-order valence-corrected chi connectivity index (χ0v) is 18.4. The Hall–Kier alpha value is -3.81. The summed E-state index contributed by atoms with van der Waals surface area (Å²) >= 11 is 0. The molecule has 0 aliphatic rings. The fourth-order valence-corrected chi connectivity index (χ4v) is 3.22. The summed E-state index contributed by atoms with van der Waals surface area (Å²) in [6, 6.07) is 12.3. The predicted molar refractivity (Wildman–Crippen MR) is 115 cm³/mol. The number of rotatable bonds is 9. The van der Waals surface area contributed by atoms with Gasteiger partial charge in [-0.25, -0.2) is 9.59 Å². The quantitative estimate of drug-likeness (QED) is 0.389. The molecule has 168 valence electrons. The Morgan fingerprint density at radius 3 is 2.44 bits per heavy atom. The molecule has 0 aliphatic heterocycles. The van der Waals surface area contributed by atoms with Crippen LogP contribution in [0, 0.1) is 13.8 Å². The number of aromatic amines is 1. The molecule has 0 saturated carbocycles. The number of esters is 2. The maximum absolute atomic E-state index is 12.8. The molecule has 1 N–H and O–H groups in total. The molecule has 0 bridgehead atoms. The maximum Gasteiger partial charge on any atom is 0.374 e. The van der Waals surface area contributed by atoms with Gasteiger partial charge in [-0.05, 0) is 57.5 Å². The summed E-state index contributed by atoms with van der Waals surface area (Å²) in [7, 11) is 0. The van der Waals surface area contributed by atoms with Gasteiger partial charge in [0.05, 0.1) is 17.9 Å². The van der Waals surface area contributed by atoms with E-state index in [0.29, 0.717) is 28.3 Å². The molecule has 0 aliphatic carbocycles. The SMILES string of the molecule is CCOC(=O)c1c(C)[nH]c(C(=O)C(C)OC(=O)c2ccc(COc3ccccc3)o2)c1C. The van der Waals surface area contributed by atoms with E-state index in [2.05, 4.69) is 4.98 Å². The van der Waals surface area contributed by atoms with E-state index in [-0.39, 0.29) is 24.7 Å². The number of aromatic nitrogens is 1. The zero-order chi connectivity index (χ0) is 23.3. The van der Waals surface area contributed by atoms with Gasteiger partial charge in [-0.1, -0.05) is 18.2 Å². The number of hydrogen-bond acceptors (Lipinski definition) is 7. The van der Waals surface area contributed by atoms with E-state index in [1.807, 2.05) is 30.3 Å². The lowest BCUT2D eigenvalue weighted by molar-refractivity contribution is 0.0284. The van der Waals surface area contributed by atoms with Gasteiger partial charge in [0.1, 0.15) is 18.1 Å². The molecule has 1 aromatic carbocycles. The second-order valence-electron chi connectivity index (χ2n) is 7.12. The number of ether oxygens (including phenoxy) is 3. The summed E-state index contributed by atoms with van der Waals surface area (Å²) in [5.41, 5.74) is 1.47. The average molecular weight is 439 g/mol. The first-order valence-corrected chi connectivity index (χ1v) is 10.2. The van der Waals surface area contributed by atoms with Crippen molar-refractivity contribution in [3.8, 4) is 5.75 Å². The Labute approximate surface area is 185 Å². The van der Waals surface area contributed by atoms with Crippen molar-refractivity contribution in [2.75, 3.05) is 6.61 Å². The number of aryl methyl sites for hydroxylation is 1. The Morgan fingerprint density at radius 1 is 1.03 bits per heavy atom. The van der Waals surface area contributed by atoms with Gasteiger partial charge in [0.25, 0.3) is 0 Å². The van der Waals surface area contributed by atoms with Gasteiger partial charge in [-0.15, -0.1) is 0 Å². The van der Waals surface area contributed by atoms with Gasteiger partial charge in [-0.2, -0.15) is 0 Å². The number of hydrogen-bond donors (Lipinski definition) is 1. The predicted octanol–water partition coefficient (Wildman–Crippen LogP) is 4.41. The van der Waals surface area contributed by atoms with Crippen LogP contribution >= 0.6 is 0 Å². The first-order chi connectivity index (χ1) is 15.3. The van der Waals surface area contributed by atoms with Gasteiger partial charge >= 0.3 is 11.9 Å². The number of ketones is 1. The third-order valence-electron chi connectivity index (χ3n) is 4.80. The van der Waals surface area contributed by atoms with Crippen LogP contribution < -0.4 is 4.74 Å². The zero-order valence-electron chi connectivity index (χ0n) is 18.4. The molecule has 3 aromatic rings. The van der Waals surface area contributed by atoms with Gasteiger partial charge in [0, 0.05) is 5.69 Å². The maximum atomic E-state index is 12.8. The fourth-order valence-electron chi connectivity index (χ4n) is 3.22. The van der Waals surface area contributed by atoms with E-state index in [9.17, 15) is 14.4 Å². The minimum absolute atomic E-state index is 0.0390. The number of benzene rings is 1. The van der Waals surface area contributed by atoms with E-state index < -0.39 is 23.8 Å². The lowest BCUT2D eigenvalue weighted by Gasteiger charge is -2.11. The molecule has 8 nitrogen and oxygen atoms in total. The standard InChI is InChI=1S/C24H25NO7/c1-5-29-24(28)20-14(2)21(25-15(20)3)22(26)16(4)31-23(27)19-12-11-18(32-19)13-30-17-9-7-6-8-10-17/h6-12,16,25H,5,13H2,1-4H3. The third-order valence-corrected chi connectivity index (χ3v) is 4.80. The highest BCUT2D eigenvalue weighted by Crippen LogP contribution is 2.22. The van der Waals surface area contributed by atoms with Crippen LogP contribution in [0.2, 0.25) is 0 Å². The summed E-state index contributed by atoms with van der Waals surface area (Å²) < 4.78 is 21.4. The largest absolute Gasteiger partial charge is 0.486 e. The Kier molecular flexibility index (Phi) is 7.14. The molecule has 0 saturated heterocycles. The number of carbonyl (C=O) groups is 3. The molecule has 32 heavy (non-hydrogen) atoms. The first-order valence-electron chi connectivity index (χ1n) is 10.2. The van der Waals surface area contributed by atoms with Crippen molar-refractivity contribution in [1.82, 2.24) is 4.98 Å². The van der Waals surface area contributed by atoms with Crippen LogP contribution in [-0.4, -0.2) is 35.4 Å². The molecule has 3 rings (SSSR count). The Balaban J connectivity index is 1.63. The highest BCUT2D eigenvalue weighted by molar-refractivity contribution is 6.04. The molecular weight excluding hydrogens is 414 g/mol. The van der Waals surface area contributed by atoms with Crippen LogP contribution in [-0.2, 0) is 16.1 Å². The molecule has 8 heteroatoms. The number of Topliss-reactive ketones (excluding diaryl/α,β-unsaturated/α-hetero) is 1. The van der Waals surface area contributed by atoms with Crippen LogP contribution in [0.15, 0.2) is 46.9 Å². The van der Waals surface area contributed by atoms with Crippen LogP contribution in [0.3, 0.4) is 0 Å². The van der Waals surface area contributed by atoms with Crippen LogP contribution in [0.25, 0.3) is 0 Å². The van der Waals surface area contributed by atoms with Crippen molar-refractivity contribution in [1.29, 1.82) is 0 Å². The summed E-state index contributed by atoms with van der Waals surface area (Å²) in [5.74, 6) is -0.677. The normalized spacial score (nSPS) is 11.6. The molecule has 0 spiro atoms. The van der Waals surface area contributed by atoms with Gasteiger partial charge in [0.15, 0.2) is 6.10 Å². The second kappa shape index (κ2) is 10.00. The number of nitrogens with one attached hydrogen (secondary N) is 1. The van der Waals surface area contributed by atoms with Crippen molar-refractivity contribution in [3.05, 3.63) is 76.5 Å². The third kappa shape index (κ3) is 5.08. The smallest absolute Gasteiger partial charge is 0.374 e. The molecule has 1 unspecified atom stereocenters. The molecule has 1 atom stereocenters. The minimum atomic E-state index is -1.09. The van der Waals surface area contributed by atoms with Crippen molar-refractivity contribution in [2.45, 2.75) is 40.4 Å². The summed E-state index contributed by atoms with van der Waals surface area (Å²) in [4.78, 5) is 40.3. The second-order valence-corrected chi connectivity index (χ2v) is 7.12. The number of para-hydroxylation sites is 1. The number of furan rings is 1. The van der Waals surface area contributed by atoms with Crippen molar-refractivity contribution < 1.29 is 33.0 Å². The minimum Gasteiger partial charge on any atom is -0.486 e. The lowest BCUT2D eigenvalue weighted by atomic mass is 10.1.